The third kappa shape index (κ3) is 3.15. The zero-order chi connectivity index (χ0) is 18.1. The van der Waals surface area contributed by atoms with Crippen LogP contribution >= 0.6 is 0 Å². The van der Waals surface area contributed by atoms with Crippen molar-refractivity contribution < 1.29 is 9.21 Å². The van der Waals surface area contributed by atoms with Gasteiger partial charge in [-0.1, -0.05) is 12.1 Å². The van der Waals surface area contributed by atoms with E-state index in [2.05, 4.69) is 21.7 Å². The van der Waals surface area contributed by atoms with Crippen LogP contribution in [0.25, 0.3) is 11.1 Å². The predicted molar refractivity (Wildman–Crippen MR) is 101 cm³/mol. The molecule has 0 saturated carbocycles. The van der Waals surface area contributed by atoms with E-state index < -0.39 is 5.91 Å². The summed E-state index contributed by atoms with van der Waals surface area (Å²) in [6.45, 7) is 5.83. The molecule has 2 heterocycles. The molecule has 3 aromatic rings. The summed E-state index contributed by atoms with van der Waals surface area (Å²) >= 11 is 0. The summed E-state index contributed by atoms with van der Waals surface area (Å²) in [4.78, 5) is 20.5. The quantitative estimate of drug-likeness (QED) is 0.783. The zero-order valence-electron chi connectivity index (χ0n) is 14.8. The zero-order valence-corrected chi connectivity index (χ0v) is 14.8. The topological polar surface area (TPSA) is 75.6 Å². The van der Waals surface area contributed by atoms with E-state index in [1.54, 1.807) is 12.1 Å². The highest BCUT2D eigenvalue weighted by Gasteiger charge is 2.25. The van der Waals surface area contributed by atoms with Crippen molar-refractivity contribution in [2.75, 3.05) is 31.1 Å². The van der Waals surface area contributed by atoms with E-state index in [9.17, 15) is 4.79 Å². The Kier molecular flexibility index (Phi) is 4.34. The fourth-order valence-electron chi connectivity index (χ4n) is 3.43. The van der Waals surface area contributed by atoms with E-state index in [4.69, 9.17) is 10.2 Å². The first-order chi connectivity index (χ1) is 12.6. The number of nitrogens with two attached hydrogens (primary N) is 1. The molecule has 4 rings (SSSR count). The van der Waals surface area contributed by atoms with E-state index in [1.807, 2.05) is 36.4 Å². The van der Waals surface area contributed by atoms with Gasteiger partial charge in [-0.2, -0.15) is 0 Å². The Morgan fingerprint density at radius 3 is 2.42 bits per heavy atom. The molecule has 1 amide bonds. The minimum atomic E-state index is -0.395. The summed E-state index contributed by atoms with van der Waals surface area (Å²) in [6.07, 6.45) is 0. The van der Waals surface area contributed by atoms with Crippen molar-refractivity contribution in [3.8, 4) is 0 Å². The molecule has 1 aromatic heterocycles. The highest BCUT2D eigenvalue weighted by atomic mass is 16.3. The molecule has 0 radical (unpaired) electrons. The number of aromatic nitrogens is 1. The molecule has 2 N–H and O–H groups in total. The van der Waals surface area contributed by atoms with Crippen LogP contribution in [0, 0.1) is 0 Å². The molecule has 1 aliphatic rings. The number of rotatable bonds is 4. The molecule has 1 atom stereocenters. The number of hydrogen-bond donors (Lipinski definition) is 1. The van der Waals surface area contributed by atoms with E-state index in [0.29, 0.717) is 5.56 Å². The van der Waals surface area contributed by atoms with Gasteiger partial charge in [-0.3, -0.25) is 9.69 Å². The van der Waals surface area contributed by atoms with Crippen molar-refractivity contribution in [1.82, 2.24) is 9.88 Å². The first kappa shape index (κ1) is 16.6. The fraction of sp³-hybridized carbons (Fsp3) is 0.300. The maximum absolute atomic E-state index is 11.2. The molecule has 26 heavy (non-hydrogen) atoms. The Bertz CT molecular complexity index is 878. The first-order valence-electron chi connectivity index (χ1n) is 8.86. The number of benzene rings is 2. The molecule has 0 aliphatic carbocycles. The summed E-state index contributed by atoms with van der Waals surface area (Å²) in [5, 5.41) is 0. The van der Waals surface area contributed by atoms with Crippen molar-refractivity contribution in [2.24, 2.45) is 5.73 Å². The number of oxazole rings is 1. The lowest BCUT2D eigenvalue weighted by molar-refractivity contribution is 0.100. The summed E-state index contributed by atoms with van der Waals surface area (Å²) in [5.41, 5.74) is 8.70. The minimum Gasteiger partial charge on any atom is -0.439 e. The number of para-hydroxylation sites is 2. The maximum Gasteiger partial charge on any atom is 0.248 e. The number of piperazine rings is 1. The van der Waals surface area contributed by atoms with Crippen LogP contribution in [0.15, 0.2) is 52.9 Å². The molecule has 1 unspecified atom stereocenters. The second kappa shape index (κ2) is 6.80. The number of carbonyl (C=O) groups is 1. The van der Waals surface area contributed by atoms with Gasteiger partial charge in [0.25, 0.3) is 0 Å². The van der Waals surface area contributed by atoms with Crippen molar-refractivity contribution in [3.05, 3.63) is 60.0 Å². The van der Waals surface area contributed by atoms with Crippen LogP contribution in [0.4, 0.5) is 5.69 Å². The van der Waals surface area contributed by atoms with Gasteiger partial charge in [0.15, 0.2) is 5.58 Å². The van der Waals surface area contributed by atoms with Crippen LogP contribution in [-0.4, -0.2) is 42.0 Å². The normalized spacial score (nSPS) is 16.7. The Morgan fingerprint density at radius 2 is 1.77 bits per heavy atom. The van der Waals surface area contributed by atoms with E-state index in [0.717, 1.165) is 48.9 Å². The number of anilines is 1. The molecular formula is C20H22N4O2. The van der Waals surface area contributed by atoms with Crippen LogP contribution in [0.1, 0.15) is 29.2 Å². The van der Waals surface area contributed by atoms with Gasteiger partial charge in [-0.05, 0) is 43.3 Å². The van der Waals surface area contributed by atoms with Gasteiger partial charge in [0, 0.05) is 37.4 Å². The Labute approximate surface area is 152 Å². The molecule has 0 spiro atoms. The number of fused-ring (bicyclic) bond motifs is 1. The van der Waals surface area contributed by atoms with Crippen molar-refractivity contribution in [3.63, 3.8) is 0 Å². The van der Waals surface area contributed by atoms with Crippen LogP contribution in [-0.2, 0) is 0 Å². The number of amides is 1. The molecule has 1 aliphatic heterocycles. The van der Waals surface area contributed by atoms with Gasteiger partial charge in [0.1, 0.15) is 5.52 Å². The average Bonchev–Trinajstić information content (AvgIpc) is 3.12. The lowest BCUT2D eigenvalue weighted by atomic mass is 10.1. The third-order valence-electron chi connectivity index (χ3n) is 5.05. The lowest BCUT2D eigenvalue weighted by Gasteiger charge is -2.38. The SMILES string of the molecule is CC(c1nc2ccccc2o1)N1CCN(c2ccc(C(N)=O)cc2)CC1. The molecule has 6 nitrogen and oxygen atoms in total. The van der Waals surface area contributed by atoms with Gasteiger partial charge in [0.2, 0.25) is 11.8 Å². The highest BCUT2D eigenvalue weighted by molar-refractivity contribution is 5.93. The van der Waals surface area contributed by atoms with Crippen LogP contribution in [0.2, 0.25) is 0 Å². The molecule has 1 fully saturated rings. The largest absolute Gasteiger partial charge is 0.439 e. The lowest BCUT2D eigenvalue weighted by Crippen LogP contribution is -2.47. The number of nitrogens with zero attached hydrogens (tertiary/aromatic N) is 3. The van der Waals surface area contributed by atoms with Gasteiger partial charge in [0.05, 0.1) is 6.04 Å². The fourth-order valence-corrected chi connectivity index (χ4v) is 3.43. The van der Waals surface area contributed by atoms with Crippen molar-refractivity contribution in [1.29, 1.82) is 0 Å². The van der Waals surface area contributed by atoms with Gasteiger partial charge >= 0.3 is 0 Å². The maximum atomic E-state index is 11.2. The molecule has 6 heteroatoms. The third-order valence-corrected chi connectivity index (χ3v) is 5.05. The smallest absolute Gasteiger partial charge is 0.248 e. The molecule has 0 bridgehead atoms. The standard InChI is InChI=1S/C20H22N4O2/c1-14(20-22-17-4-2-3-5-18(17)26-20)23-10-12-24(13-11-23)16-8-6-15(7-9-16)19(21)25/h2-9,14H,10-13H2,1H3,(H2,21,25). The Balaban J connectivity index is 1.41. The first-order valence-corrected chi connectivity index (χ1v) is 8.86. The highest BCUT2D eigenvalue weighted by Crippen LogP contribution is 2.26. The number of primary amides is 1. The number of carbonyl (C=O) groups excluding carboxylic acids is 1. The van der Waals surface area contributed by atoms with Gasteiger partial charge in [-0.25, -0.2) is 4.98 Å². The van der Waals surface area contributed by atoms with E-state index in [1.165, 1.54) is 0 Å². The van der Waals surface area contributed by atoms with Crippen LogP contribution in [0.5, 0.6) is 0 Å². The summed E-state index contributed by atoms with van der Waals surface area (Å²) in [7, 11) is 0. The van der Waals surface area contributed by atoms with Gasteiger partial charge in [-0.15, -0.1) is 0 Å². The van der Waals surface area contributed by atoms with Crippen LogP contribution in [0.3, 0.4) is 0 Å². The van der Waals surface area contributed by atoms with Gasteiger partial charge < -0.3 is 15.1 Å². The van der Waals surface area contributed by atoms with Crippen LogP contribution < -0.4 is 10.6 Å². The molecule has 1 saturated heterocycles. The minimum absolute atomic E-state index is 0.141. The van der Waals surface area contributed by atoms with E-state index in [-0.39, 0.29) is 6.04 Å². The Hall–Kier alpha value is -2.86. The summed E-state index contributed by atoms with van der Waals surface area (Å²) < 4.78 is 5.92. The average molecular weight is 350 g/mol. The predicted octanol–water partition coefficient (Wildman–Crippen LogP) is 2.81. The Morgan fingerprint density at radius 1 is 1.08 bits per heavy atom. The monoisotopic (exact) mass is 350 g/mol. The summed E-state index contributed by atoms with van der Waals surface area (Å²) in [5.74, 6) is 0.374. The number of hydrogen-bond acceptors (Lipinski definition) is 5. The molecule has 134 valence electrons. The molecule has 2 aromatic carbocycles. The van der Waals surface area contributed by atoms with Crippen molar-refractivity contribution in [2.45, 2.75) is 13.0 Å². The molecular weight excluding hydrogens is 328 g/mol. The summed E-state index contributed by atoms with van der Waals surface area (Å²) in [6, 6.07) is 15.5. The second-order valence-electron chi connectivity index (χ2n) is 6.63. The van der Waals surface area contributed by atoms with E-state index >= 15 is 0 Å². The second-order valence-corrected chi connectivity index (χ2v) is 6.63. The van der Waals surface area contributed by atoms with Crippen molar-refractivity contribution >= 4 is 22.7 Å².